The third kappa shape index (κ3) is 4.14. The van der Waals surface area contributed by atoms with Crippen molar-refractivity contribution < 1.29 is 14.1 Å². The lowest BCUT2D eigenvalue weighted by Gasteiger charge is -2.39. The van der Waals surface area contributed by atoms with Gasteiger partial charge in [0.1, 0.15) is 5.75 Å². The van der Waals surface area contributed by atoms with E-state index in [1.807, 2.05) is 29.2 Å². The highest BCUT2D eigenvalue weighted by molar-refractivity contribution is 5.89. The van der Waals surface area contributed by atoms with E-state index in [4.69, 9.17) is 9.26 Å². The number of piperidine rings is 1. The van der Waals surface area contributed by atoms with Crippen LogP contribution >= 0.6 is 0 Å². The largest absolute Gasteiger partial charge is 0.497 e. The zero-order valence-corrected chi connectivity index (χ0v) is 18.2. The summed E-state index contributed by atoms with van der Waals surface area (Å²) >= 11 is 0. The number of benzene rings is 1. The molecule has 2 aromatic rings. The highest BCUT2D eigenvalue weighted by Crippen LogP contribution is 2.47. The van der Waals surface area contributed by atoms with Crippen molar-refractivity contribution in [3.63, 3.8) is 0 Å². The first kappa shape index (κ1) is 20.7. The van der Waals surface area contributed by atoms with Gasteiger partial charge in [-0.3, -0.25) is 4.90 Å². The maximum absolute atomic E-state index is 12.7. The maximum atomic E-state index is 12.7. The van der Waals surface area contributed by atoms with Crippen molar-refractivity contribution in [1.82, 2.24) is 19.9 Å². The van der Waals surface area contributed by atoms with E-state index in [1.54, 1.807) is 7.11 Å². The summed E-state index contributed by atoms with van der Waals surface area (Å²) in [6, 6.07) is 7.56. The Kier molecular flexibility index (Phi) is 5.69. The van der Waals surface area contributed by atoms with Crippen LogP contribution in [0.5, 0.6) is 5.75 Å². The minimum absolute atomic E-state index is 0.0549. The van der Waals surface area contributed by atoms with Crippen molar-refractivity contribution in [3.05, 3.63) is 36.0 Å². The number of amides is 2. The molecule has 3 heterocycles. The van der Waals surface area contributed by atoms with Gasteiger partial charge in [-0.15, -0.1) is 0 Å². The molecule has 2 fully saturated rings. The average Bonchev–Trinajstić information content (AvgIpc) is 3.34. The molecule has 0 radical (unpaired) electrons. The van der Waals surface area contributed by atoms with Gasteiger partial charge in [-0.25, -0.2) is 4.79 Å². The summed E-state index contributed by atoms with van der Waals surface area (Å²) in [4.78, 5) is 21.6. The van der Waals surface area contributed by atoms with Crippen LogP contribution in [0.25, 0.3) is 0 Å². The van der Waals surface area contributed by atoms with Crippen LogP contribution in [0.2, 0.25) is 0 Å². The SMILES string of the molecule is COc1cccc(NC(=O)N2CCC3(CC2)CC(c2noc(C(C)C)n2)N(C)C3)c1. The van der Waals surface area contributed by atoms with Crippen molar-refractivity contribution in [2.24, 2.45) is 5.41 Å². The number of likely N-dealkylation sites (tertiary alicyclic amines) is 2. The van der Waals surface area contributed by atoms with Gasteiger partial charge in [-0.2, -0.15) is 4.98 Å². The first-order valence-electron chi connectivity index (χ1n) is 10.6. The van der Waals surface area contributed by atoms with E-state index in [9.17, 15) is 4.79 Å². The normalized spacial score (nSPS) is 21.4. The van der Waals surface area contributed by atoms with Gasteiger partial charge >= 0.3 is 6.03 Å². The fourth-order valence-electron chi connectivity index (χ4n) is 4.63. The molecule has 4 rings (SSSR count). The van der Waals surface area contributed by atoms with Gasteiger partial charge in [0.15, 0.2) is 5.82 Å². The van der Waals surface area contributed by atoms with Crippen LogP contribution in [0, 0.1) is 5.41 Å². The van der Waals surface area contributed by atoms with Crippen LogP contribution in [0.1, 0.15) is 56.8 Å². The number of methoxy groups -OCH3 is 1. The van der Waals surface area contributed by atoms with E-state index >= 15 is 0 Å². The molecule has 0 aliphatic carbocycles. The van der Waals surface area contributed by atoms with E-state index in [1.165, 1.54) is 0 Å². The number of carbonyl (C=O) groups is 1. The van der Waals surface area contributed by atoms with Crippen LogP contribution in [0.4, 0.5) is 10.5 Å². The van der Waals surface area contributed by atoms with Crippen LogP contribution < -0.4 is 10.1 Å². The van der Waals surface area contributed by atoms with E-state index in [0.29, 0.717) is 5.89 Å². The van der Waals surface area contributed by atoms with Gasteiger partial charge in [0, 0.05) is 37.3 Å². The average molecular weight is 414 g/mol. The summed E-state index contributed by atoms with van der Waals surface area (Å²) in [5.74, 6) is 2.45. The molecule has 1 unspecified atom stereocenters. The maximum Gasteiger partial charge on any atom is 0.321 e. The van der Waals surface area contributed by atoms with E-state index in [2.05, 4.69) is 41.3 Å². The Morgan fingerprint density at radius 2 is 2.10 bits per heavy atom. The Morgan fingerprint density at radius 1 is 1.33 bits per heavy atom. The minimum atomic E-state index is -0.0549. The fourth-order valence-corrected chi connectivity index (χ4v) is 4.63. The standard InChI is InChI=1S/C22H31N5O3/c1-15(2)20-24-19(25-30-20)18-13-22(14-26(18)3)8-10-27(11-9-22)21(28)23-16-6-5-7-17(12-16)29-4/h5-7,12,15,18H,8-11,13-14H2,1-4H3,(H,23,28). The summed E-state index contributed by atoms with van der Waals surface area (Å²) in [7, 11) is 3.75. The Bertz CT molecular complexity index is 888. The number of anilines is 1. The zero-order valence-electron chi connectivity index (χ0n) is 18.2. The molecule has 0 bridgehead atoms. The number of carbonyl (C=O) groups excluding carboxylic acids is 1. The highest BCUT2D eigenvalue weighted by atomic mass is 16.5. The number of hydrogen-bond acceptors (Lipinski definition) is 6. The van der Waals surface area contributed by atoms with Crippen molar-refractivity contribution in [3.8, 4) is 5.75 Å². The number of rotatable bonds is 4. The first-order chi connectivity index (χ1) is 14.4. The van der Waals surface area contributed by atoms with E-state index in [-0.39, 0.29) is 23.4 Å². The smallest absolute Gasteiger partial charge is 0.321 e. The molecule has 8 nitrogen and oxygen atoms in total. The molecule has 2 saturated heterocycles. The monoisotopic (exact) mass is 413 g/mol. The molecular weight excluding hydrogens is 382 g/mol. The third-order valence-electron chi connectivity index (χ3n) is 6.42. The van der Waals surface area contributed by atoms with Gasteiger partial charge in [-0.05, 0) is 43.9 Å². The summed E-state index contributed by atoms with van der Waals surface area (Å²) < 4.78 is 10.7. The van der Waals surface area contributed by atoms with E-state index < -0.39 is 0 Å². The van der Waals surface area contributed by atoms with Gasteiger partial charge in [0.2, 0.25) is 5.89 Å². The van der Waals surface area contributed by atoms with Crippen LogP contribution in [-0.2, 0) is 0 Å². The summed E-state index contributed by atoms with van der Waals surface area (Å²) in [6.45, 7) is 6.61. The first-order valence-corrected chi connectivity index (χ1v) is 10.6. The molecule has 30 heavy (non-hydrogen) atoms. The molecule has 1 aromatic heterocycles. The number of urea groups is 1. The lowest BCUT2D eigenvalue weighted by atomic mass is 9.76. The molecule has 1 atom stereocenters. The molecule has 2 aliphatic heterocycles. The summed E-state index contributed by atoms with van der Waals surface area (Å²) in [6.07, 6.45) is 2.97. The fraction of sp³-hybridized carbons (Fsp3) is 0.591. The molecule has 2 amide bonds. The Morgan fingerprint density at radius 3 is 2.77 bits per heavy atom. The number of ether oxygens (including phenoxy) is 1. The summed E-state index contributed by atoms with van der Waals surface area (Å²) in [5.41, 5.74) is 0.948. The Hall–Kier alpha value is -2.61. The van der Waals surface area contributed by atoms with Crippen molar-refractivity contribution in [2.45, 2.75) is 45.1 Å². The quantitative estimate of drug-likeness (QED) is 0.819. The van der Waals surface area contributed by atoms with Gasteiger partial charge in [0.05, 0.1) is 13.2 Å². The van der Waals surface area contributed by atoms with Crippen LogP contribution in [-0.4, -0.2) is 59.8 Å². The number of aromatic nitrogens is 2. The second-order valence-electron chi connectivity index (χ2n) is 8.93. The Balaban J connectivity index is 1.35. The van der Waals surface area contributed by atoms with Crippen molar-refractivity contribution in [1.29, 1.82) is 0 Å². The predicted molar refractivity (Wildman–Crippen MR) is 114 cm³/mol. The Labute approximate surface area is 177 Å². The van der Waals surface area contributed by atoms with Gasteiger partial charge in [0.25, 0.3) is 0 Å². The molecule has 1 spiro atoms. The summed E-state index contributed by atoms with van der Waals surface area (Å²) in [5, 5.41) is 7.23. The van der Waals surface area contributed by atoms with Gasteiger partial charge < -0.3 is 19.5 Å². The second-order valence-corrected chi connectivity index (χ2v) is 8.93. The lowest BCUT2D eigenvalue weighted by molar-refractivity contribution is 0.128. The number of nitrogens with one attached hydrogen (secondary N) is 1. The second kappa shape index (κ2) is 8.26. The minimum Gasteiger partial charge on any atom is -0.497 e. The van der Waals surface area contributed by atoms with Crippen LogP contribution in [0.3, 0.4) is 0 Å². The molecule has 2 aliphatic rings. The molecular formula is C22H31N5O3. The number of nitrogens with zero attached hydrogens (tertiary/aromatic N) is 4. The molecule has 1 N–H and O–H groups in total. The lowest BCUT2D eigenvalue weighted by Crippen LogP contribution is -2.45. The van der Waals surface area contributed by atoms with Crippen LogP contribution in [0.15, 0.2) is 28.8 Å². The third-order valence-corrected chi connectivity index (χ3v) is 6.42. The van der Waals surface area contributed by atoms with Crippen molar-refractivity contribution >= 4 is 11.7 Å². The van der Waals surface area contributed by atoms with Gasteiger partial charge in [-0.1, -0.05) is 25.1 Å². The molecule has 162 valence electrons. The topological polar surface area (TPSA) is 83.7 Å². The zero-order chi connectivity index (χ0) is 21.3. The predicted octanol–water partition coefficient (Wildman–Crippen LogP) is 3.89. The highest BCUT2D eigenvalue weighted by Gasteiger charge is 2.46. The number of hydrogen-bond donors (Lipinski definition) is 1. The van der Waals surface area contributed by atoms with Crippen molar-refractivity contribution in [2.75, 3.05) is 39.1 Å². The molecule has 0 saturated carbocycles. The molecule has 1 aromatic carbocycles. The molecule has 8 heteroatoms. The van der Waals surface area contributed by atoms with E-state index in [0.717, 1.165) is 56.2 Å².